The van der Waals surface area contributed by atoms with Crippen LogP contribution in [0.2, 0.25) is 5.02 Å². The number of nitrogens with zero attached hydrogens (tertiary/aromatic N) is 4. The van der Waals surface area contributed by atoms with Gasteiger partial charge in [0.2, 0.25) is 18.6 Å². The lowest BCUT2D eigenvalue weighted by molar-refractivity contribution is -0.138. The van der Waals surface area contributed by atoms with Gasteiger partial charge in [-0.3, -0.25) is 9.59 Å². The van der Waals surface area contributed by atoms with Gasteiger partial charge in [-0.1, -0.05) is 49.3 Å². The molecule has 2 aromatic heterocycles. The first-order valence-electron chi connectivity index (χ1n) is 13.3. The number of thiazole rings is 1. The van der Waals surface area contributed by atoms with Crippen molar-refractivity contribution in [3.8, 4) is 22.8 Å². The van der Waals surface area contributed by atoms with Crippen LogP contribution in [-0.2, 0) is 16.1 Å². The van der Waals surface area contributed by atoms with E-state index >= 15 is 0 Å². The summed E-state index contributed by atoms with van der Waals surface area (Å²) in [6.07, 6.45) is 0. The topological polar surface area (TPSA) is 107 Å². The summed E-state index contributed by atoms with van der Waals surface area (Å²) in [7, 11) is 0. The van der Waals surface area contributed by atoms with Gasteiger partial charge in [0.1, 0.15) is 11.0 Å². The number of benzene rings is 2. The number of fused-ring (bicyclic) bond motifs is 1. The summed E-state index contributed by atoms with van der Waals surface area (Å²) >= 11 is 8.75. The van der Waals surface area contributed by atoms with Crippen LogP contribution in [0.15, 0.2) is 59.1 Å². The van der Waals surface area contributed by atoms with Crippen molar-refractivity contribution in [3.63, 3.8) is 0 Å². The van der Waals surface area contributed by atoms with Gasteiger partial charge in [-0.15, -0.1) is 11.3 Å². The quantitative estimate of drug-likeness (QED) is 0.160. The van der Waals surface area contributed by atoms with E-state index < -0.39 is 6.04 Å². The van der Waals surface area contributed by atoms with Crippen molar-refractivity contribution in [1.29, 1.82) is 0 Å². The molecule has 0 radical (unpaired) electrons. The minimum absolute atomic E-state index is 0.0683. The van der Waals surface area contributed by atoms with Crippen molar-refractivity contribution in [3.05, 3.63) is 75.3 Å². The van der Waals surface area contributed by atoms with E-state index in [0.717, 1.165) is 22.6 Å². The van der Waals surface area contributed by atoms with E-state index in [1.807, 2.05) is 63.4 Å². The molecule has 12 heteroatoms. The predicted octanol–water partition coefficient (Wildman–Crippen LogP) is 6.38. The molecule has 0 saturated carbocycles. The standard InChI is InChI=1S/C30H30ClN5O4S2/c1-17(2)28(29(38)34-22-9-10-24-25(12-22)40-16-39-24)36(27(37)15-42-30-32-18(3)11-19(4)33-30)13-26-35-23(14-41-26)20-5-7-21(31)8-6-20/h5-12,14,17,28H,13,15-16H2,1-4H3,(H,34,38). The average Bonchev–Trinajstić information content (AvgIpc) is 3.60. The first kappa shape index (κ1) is 29.8. The van der Waals surface area contributed by atoms with Crippen LogP contribution in [0.1, 0.15) is 30.2 Å². The first-order chi connectivity index (χ1) is 20.2. The average molecular weight is 624 g/mol. The van der Waals surface area contributed by atoms with Crippen LogP contribution in [0.3, 0.4) is 0 Å². The Hall–Kier alpha value is -3.67. The normalized spacial score (nSPS) is 12.8. The lowest BCUT2D eigenvalue weighted by Crippen LogP contribution is -2.50. The van der Waals surface area contributed by atoms with E-state index in [2.05, 4.69) is 15.3 Å². The highest BCUT2D eigenvalue weighted by atomic mass is 35.5. The Morgan fingerprint density at radius 2 is 1.74 bits per heavy atom. The number of halogens is 1. The lowest BCUT2D eigenvalue weighted by Gasteiger charge is -2.33. The summed E-state index contributed by atoms with van der Waals surface area (Å²) in [5.41, 5.74) is 3.91. The molecule has 2 amide bonds. The Morgan fingerprint density at radius 3 is 2.45 bits per heavy atom. The van der Waals surface area contributed by atoms with E-state index in [9.17, 15) is 9.59 Å². The number of nitrogens with one attached hydrogen (secondary N) is 1. The fraction of sp³-hybridized carbons (Fsp3) is 0.300. The molecule has 4 aromatic rings. The molecule has 1 aliphatic rings. The van der Waals surface area contributed by atoms with Gasteiger partial charge in [0.15, 0.2) is 16.7 Å². The minimum Gasteiger partial charge on any atom is -0.454 e. The Balaban J connectivity index is 1.40. The number of thioether (sulfide) groups is 1. The molecule has 1 unspecified atom stereocenters. The number of anilines is 1. The smallest absolute Gasteiger partial charge is 0.247 e. The molecule has 3 heterocycles. The van der Waals surface area contributed by atoms with Crippen LogP contribution in [0.4, 0.5) is 5.69 Å². The van der Waals surface area contributed by atoms with E-state index in [0.29, 0.717) is 32.4 Å². The number of aromatic nitrogens is 3. The zero-order valence-electron chi connectivity index (χ0n) is 23.6. The summed E-state index contributed by atoms with van der Waals surface area (Å²) < 4.78 is 10.8. The summed E-state index contributed by atoms with van der Waals surface area (Å²) in [5.74, 6) is 0.532. The highest BCUT2D eigenvalue weighted by molar-refractivity contribution is 7.99. The molecule has 0 bridgehead atoms. The molecule has 2 aromatic carbocycles. The lowest BCUT2D eigenvalue weighted by atomic mass is 10.0. The first-order valence-corrected chi connectivity index (χ1v) is 15.6. The van der Waals surface area contributed by atoms with Crippen LogP contribution < -0.4 is 14.8 Å². The maximum atomic E-state index is 13.9. The molecular weight excluding hydrogens is 594 g/mol. The minimum atomic E-state index is -0.772. The Morgan fingerprint density at radius 1 is 1.02 bits per heavy atom. The third kappa shape index (κ3) is 7.21. The number of hydrogen-bond acceptors (Lipinski definition) is 9. The summed E-state index contributed by atoms with van der Waals surface area (Å²) in [5, 5.41) is 6.78. The molecule has 0 saturated heterocycles. The van der Waals surface area contributed by atoms with Crippen molar-refractivity contribution >= 4 is 52.2 Å². The molecule has 1 N–H and O–H groups in total. The van der Waals surface area contributed by atoms with Crippen LogP contribution in [0.5, 0.6) is 11.5 Å². The molecule has 1 atom stereocenters. The van der Waals surface area contributed by atoms with Crippen molar-refractivity contribution in [2.24, 2.45) is 5.92 Å². The summed E-state index contributed by atoms with van der Waals surface area (Å²) in [4.78, 5) is 42.9. The third-order valence-electron chi connectivity index (χ3n) is 6.48. The second-order valence-corrected chi connectivity index (χ2v) is 12.4. The van der Waals surface area contributed by atoms with Gasteiger partial charge in [-0.25, -0.2) is 15.0 Å². The van der Waals surface area contributed by atoms with Crippen LogP contribution in [0.25, 0.3) is 11.3 Å². The Labute approximate surface area is 257 Å². The van der Waals surface area contributed by atoms with Crippen LogP contribution in [-0.4, -0.2) is 50.3 Å². The zero-order valence-corrected chi connectivity index (χ0v) is 26.0. The number of ether oxygens (including phenoxy) is 2. The molecule has 42 heavy (non-hydrogen) atoms. The second-order valence-electron chi connectivity index (χ2n) is 10.1. The SMILES string of the molecule is Cc1cc(C)nc(SCC(=O)N(Cc2nc(-c3ccc(Cl)cc3)cs2)C(C(=O)Nc2ccc3c(c2)OCO3)C(C)C)n1. The fourth-order valence-electron chi connectivity index (χ4n) is 4.59. The van der Waals surface area contributed by atoms with Crippen molar-refractivity contribution in [1.82, 2.24) is 19.9 Å². The van der Waals surface area contributed by atoms with Gasteiger partial charge in [0.25, 0.3) is 0 Å². The molecule has 5 rings (SSSR count). The zero-order chi connectivity index (χ0) is 29.8. The molecule has 218 valence electrons. The van der Waals surface area contributed by atoms with E-state index in [4.69, 9.17) is 26.1 Å². The van der Waals surface area contributed by atoms with Gasteiger partial charge >= 0.3 is 0 Å². The summed E-state index contributed by atoms with van der Waals surface area (Å²) in [6.45, 7) is 7.93. The van der Waals surface area contributed by atoms with Gasteiger partial charge in [0, 0.05) is 39.1 Å². The number of aryl methyl sites for hydroxylation is 2. The second kappa shape index (κ2) is 13.1. The van der Waals surface area contributed by atoms with E-state index in [-0.39, 0.29) is 36.8 Å². The molecule has 1 aliphatic heterocycles. The molecular formula is C30H30ClN5O4S2. The number of carbonyl (C=O) groups is 2. The van der Waals surface area contributed by atoms with E-state index in [1.54, 1.807) is 23.1 Å². The maximum absolute atomic E-state index is 13.9. The maximum Gasteiger partial charge on any atom is 0.247 e. The van der Waals surface area contributed by atoms with Crippen molar-refractivity contribution in [2.75, 3.05) is 17.9 Å². The predicted molar refractivity (Wildman–Crippen MR) is 165 cm³/mol. The van der Waals surface area contributed by atoms with Gasteiger partial charge in [-0.05, 0) is 50.1 Å². The highest BCUT2D eigenvalue weighted by Gasteiger charge is 2.34. The molecule has 0 spiro atoms. The Bertz CT molecular complexity index is 1570. The highest BCUT2D eigenvalue weighted by Crippen LogP contribution is 2.34. The van der Waals surface area contributed by atoms with E-state index in [1.165, 1.54) is 23.1 Å². The Kier molecular flexibility index (Phi) is 9.30. The van der Waals surface area contributed by atoms with Gasteiger partial charge in [-0.2, -0.15) is 0 Å². The van der Waals surface area contributed by atoms with Crippen LogP contribution in [0, 0.1) is 19.8 Å². The fourth-order valence-corrected chi connectivity index (χ4v) is 6.35. The van der Waals surface area contributed by atoms with Crippen LogP contribution >= 0.6 is 34.7 Å². The number of hydrogen-bond donors (Lipinski definition) is 1. The molecule has 0 aliphatic carbocycles. The summed E-state index contributed by atoms with van der Waals surface area (Å²) in [6, 6.07) is 13.8. The van der Waals surface area contributed by atoms with Crippen molar-refractivity contribution in [2.45, 2.75) is 45.4 Å². The monoisotopic (exact) mass is 623 g/mol. The molecule has 9 nitrogen and oxygen atoms in total. The largest absolute Gasteiger partial charge is 0.454 e. The van der Waals surface area contributed by atoms with Gasteiger partial charge < -0.3 is 19.7 Å². The number of carbonyl (C=O) groups excluding carboxylic acids is 2. The van der Waals surface area contributed by atoms with Crippen molar-refractivity contribution < 1.29 is 19.1 Å². The number of rotatable bonds is 10. The third-order valence-corrected chi connectivity index (χ3v) is 8.40. The molecule has 0 fully saturated rings. The van der Waals surface area contributed by atoms with Gasteiger partial charge in [0.05, 0.1) is 18.0 Å². The number of amides is 2.